The fourth-order valence-electron chi connectivity index (χ4n) is 2.28. The van der Waals surface area contributed by atoms with Crippen LogP contribution in [0, 0.1) is 5.82 Å². The molecule has 1 saturated heterocycles. The van der Waals surface area contributed by atoms with Gasteiger partial charge in [-0.15, -0.1) is 0 Å². The van der Waals surface area contributed by atoms with Gasteiger partial charge in [0, 0.05) is 25.6 Å². The van der Waals surface area contributed by atoms with Crippen LogP contribution in [0.25, 0.3) is 0 Å². The first-order valence-corrected chi connectivity index (χ1v) is 6.45. The van der Waals surface area contributed by atoms with Crippen molar-refractivity contribution >= 4 is 5.91 Å². The quantitative estimate of drug-likeness (QED) is 0.894. The molecule has 1 aliphatic rings. The maximum atomic E-state index is 12.8. The minimum atomic E-state index is -0.267. The van der Waals surface area contributed by atoms with Gasteiger partial charge >= 0.3 is 0 Å². The molecule has 0 radical (unpaired) electrons. The average molecular weight is 250 g/mol. The molecular weight excluding hydrogens is 231 g/mol. The highest BCUT2D eigenvalue weighted by atomic mass is 19.1. The van der Waals surface area contributed by atoms with Crippen LogP contribution in [0.2, 0.25) is 0 Å². The van der Waals surface area contributed by atoms with E-state index >= 15 is 0 Å². The molecule has 2 rings (SSSR count). The van der Waals surface area contributed by atoms with Gasteiger partial charge < -0.3 is 10.6 Å². The fraction of sp³-hybridized carbons (Fsp3) is 0.500. The fourth-order valence-corrected chi connectivity index (χ4v) is 2.28. The number of rotatable bonds is 3. The third-order valence-electron chi connectivity index (χ3n) is 3.39. The van der Waals surface area contributed by atoms with Gasteiger partial charge in [0.05, 0.1) is 0 Å². The summed E-state index contributed by atoms with van der Waals surface area (Å²) in [6.45, 7) is 1.30. The maximum Gasteiger partial charge on any atom is 0.222 e. The van der Waals surface area contributed by atoms with E-state index in [-0.39, 0.29) is 17.8 Å². The number of amides is 1. The molecule has 1 atom stereocenters. The van der Waals surface area contributed by atoms with Crippen molar-refractivity contribution in [2.24, 2.45) is 5.73 Å². The lowest BCUT2D eigenvalue weighted by molar-refractivity contribution is -0.130. The van der Waals surface area contributed by atoms with Crippen LogP contribution in [0.3, 0.4) is 0 Å². The van der Waals surface area contributed by atoms with E-state index in [0.717, 1.165) is 31.4 Å². The van der Waals surface area contributed by atoms with Crippen molar-refractivity contribution < 1.29 is 9.18 Å². The minimum absolute atomic E-state index is 0.185. The molecule has 0 aromatic heterocycles. The van der Waals surface area contributed by atoms with Crippen molar-refractivity contribution in [1.82, 2.24) is 4.90 Å². The second-order valence-electron chi connectivity index (χ2n) is 4.81. The standard InChI is InChI=1S/C14H19FN2O/c15-12-7-5-11(6-8-12)13(16)10-17-9-3-1-2-4-14(17)18/h5-8,13H,1-4,9-10,16H2. The largest absolute Gasteiger partial charge is 0.341 e. The Morgan fingerprint density at radius 1 is 1.22 bits per heavy atom. The number of carbonyl (C=O) groups excluding carboxylic acids is 1. The van der Waals surface area contributed by atoms with Crippen molar-refractivity contribution in [3.8, 4) is 0 Å². The Morgan fingerprint density at radius 2 is 1.94 bits per heavy atom. The van der Waals surface area contributed by atoms with E-state index in [1.165, 1.54) is 12.1 Å². The number of benzene rings is 1. The van der Waals surface area contributed by atoms with Crippen LogP contribution in [-0.4, -0.2) is 23.9 Å². The van der Waals surface area contributed by atoms with E-state index in [4.69, 9.17) is 5.73 Å². The van der Waals surface area contributed by atoms with Gasteiger partial charge in [-0.1, -0.05) is 18.6 Å². The first-order chi connectivity index (χ1) is 8.66. The Balaban J connectivity index is 1.99. The van der Waals surface area contributed by atoms with Gasteiger partial charge in [-0.2, -0.15) is 0 Å². The highest BCUT2D eigenvalue weighted by Gasteiger charge is 2.19. The average Bonchev–Trinajstić information content (AvgIpc) is 2.56. The number of nitrogens with two attached hydrogens (primary N) is 1. The zero-order chi connectivity index (χ0) is 13.0. The summed E-state index contributed by atoms with van der Waals surface area (Å²) in [5.41, 5.74) is 6.94. The van der Waals surface area contributed by atoms with Crippen LogP contribution in [0.15, 0.2) is 24.3 Å². The van der Waals surface area contributed by atoms with Gasteiger partial charge in [0.15, 0.2) is 0 Å². The number of carbonyl (C=O) groups is 1. The van der Waals surface area contributed by atoms with Crippen molar-refractivity contribution in [3.05, 3.63) is 35.6 Å². The van der Waals surface area contributed by atoms with Gasteiger partial charge in [0.1, 0.15) is 5.82 Å². The second-order valence-corrected chi connectivity index (χ2v) is 4.81. The molecule has 1 aromatic rings. The minimum Gasteiger partial charge on any atom is -0.341 e. The highest BCUT2D eigenvalue weighted by Crippen LogP contribution is 2.16. The highest BCUT2D eigenvalue weighted by molar-refractivity contribution is 5.76. The predicted molar refractivity (Wildman–Crippen MR) is 68.4 cm³/mol. The van der Waals surface area contributed by atoms with Crippen LogP contribution in [0.1, 0.15) is 37.3 Å². The van der Waals surface area contributed by atoms with Crippen LogP contribution < -0.4 is 5.73 Å². The molecular formula is C14H19FN2O. The van der Waals surface area contributed by atoms with Crippen LogP contribution in [0.5, 0.6) is 0 Å². The van der Waals surface area contributed by atoms with Crippen LogP contribution in [0.4, 0.5) is 4.39 Å². The molecule has 1 unspecified atom stereocenters. The third kappa shape index (κ3) is 3.29. The SMILES string of the molecule is NC(CN1CCCCCC1=O)c1ccc(F)cc1. The number of halogens is 1. The summed E-state index contributed by atoms with van der Waals surface area (Å²) in [5, 5.41) is 0. The molecule has 0 spiro atoms. The van der Waals surface area contributed by atoms with Gasteiger partial charge in [0.25, 0.3) is 0 Å². The van der Waals surface area contributed by atoms with Crippen molar-refractivity contribution in [3.63, 3.8) is 0 Å². The molecule has 18 heavy (non-hydrogen) atoms. The van der Waals surface area contributed by atoms with E-state index in [1.807, 2.05) is 4.90 Å². The Kier molecular flexibility index (Phi) is 4.31. The van der Waals surface area contributed by atoms with Crippen molar-refractivity contribution in [2.45, 2.75) is 31.7 Å². The second kappa shape index (κ2) is 5.96. The number of hydrogen-bond acceptors (Lipinski definition) is 2. The lowest BCUT2D eigenvalue weighted by Crippen LogP contribution is -2.36. The van der Waals surface area contributed by atoms with Crippen molar-refractivity contribution in [2.75, 3.05) is 13.1 Å². The molecule has 3 nitrogen and oxygen atoms in total. The smallest absolute Gasteiger partial charge is 0.222 e. The molecule has 1 fully saturated rings. The van der Waals surface area contributed by atoms with Gasteiger partial charge in [0.2, 0.25) is 5.91 Å². The van der Waals surface area contributed by atoms with E-state index < -0.39 is 0 Å². The summed E-state index contributed by atoms with van der Waals surface area (Å²) in [5.74, 6) is -0.0816. The molecule has 1 aromatic carbocycles. The molecule has 2 N–H and O–H groups in total. The molecule has 0 aliphatic carbocycles. The normalized spacial score (nSPS) is 18.6. The van der Waals surface area contributed by atoms with E-state index in [2.05, 4.69) is 0 Å². The molecule has 0 bridgehead atoms. The zero-order valence-electron chi connectivity index (χ0n) is 10.4. The monoisotopic (exact) mass is 250 g/mol. The van der Waals surface area contributed by atoms with E-state index in [9.17, 15) is 9.18 Å². The first kappa shape index (κ1) is 13.0. The summed E-state index contributed by atoms with van der Waals surface area (Å²) < 4.78 is 12.8. The van der Waals surface area contributed by atoms with Crippen molar-refractivity contribution in [1.29, 1.82) is 0 Å². The molecule has 98 valence electrons. The number of likely N-dealkylation sites (tertiary alicyclic amines) is 1. The van der Waals surface area contributed by atoms with Gasteiger partial charge in [-0.3, -0.25) is 4.79 Å². The molecule has 0 saturated carbocycles. The Hall–Kier alpha value is -1.42. The topological polar surface area (TPSA) is 46.3 Å². The summed E-state index contributed by atoms with van der Waals surface area (Å²) in [6.07, 6.45) is 3.74. The molecule has 1 amide bonds. The zero-order valence-corrected chi connectivity index (χ0v) is 10.4. The summed E-state index contributed by atoms with van der Waals surface area (Å²) >= 11 is 0. The third-order valence-corrected chi connectivity index (χ3v) is 3.39. The Labute approximate surface area is 107 Å². The molecule has 1 heterocycles. The molecule has 1 aliphatic heterocycles. The maximum absolute atomic E-state index is 12.8. The Bertz CT molecular complexity index is 405. The Morgan fingerprint density at radius 3 is 2.67 bits per heavy atom. The number of hydrogen-bond donors (Lipinski definition) is 1. The predicted octanol–water partition coefficient (Wildman–Crippen LogP) is 2.23. The summed E-state index contributed by atoms with van der Waals surface area (Å²) in [4.78, 5) is 13.7. The van der Waals surface area contributed by atoms with Crippen LogP contribution >= 0.6 is 0 Å². The van der Waals surface area contributed by atoms with Crippen LogP contribution in [-0.2, 0) is 4.79 Å². The van der Waals surface area contributed by atoms with Gasteiger partial charge in [-0.05, 0) is 30.5 Å². The first-order valence-electron chi connectivity index (χ1n) is 6.45. The van der Waals surface area contributed by atoms with Gasteiger partial charge in [-0.25, -0.2) is 4.39 Å². The molecule has 4 heteroatoms. The van der Waals surface area contributed by atoms with E-state index in [1.54, 1.807) is 12.1 Å². The lowest BCUT2D eigenvalue weighted by atomic mass is 10.1. The summed E-state index contributed by atoms with van der Waals surface area (Å²) in [7, 11) is 0. The van der Waals surface area contributed by atoms with E-state index in [0.29, 0.717) is 13.0 Å². The summed E-state index contributed by atoms with van der Waals surface area (Å²) in [6, 6.07) is 5.93. The number of nitrogens with zero attached hydrogens (tertiary/aromatic N) is 1. The lowest BCUT2D eigenvalue weighted by Gasteiger charge is -2.24.